The third-order valence-corrected chi connectivity index (χ3v) is 2.72. The van der Waals surface area contributed by atoms with Crippen molar-refractivity contribution in [2.24, 2.45) is 4.76 Å². The molecular weight excluding hydrogens is 201 g/mol. The topological polar surface area (TPSA) is 29.4 Å². The summed E-state index contributed by atoms with van der Waals surface area (Å²) in [5.74, 6) is 0. The maximum Gasteiger partial charge on any atom is 0.0498 e. The second kappa shape index (κ2) is 5.05. The largest absolute Gasteiger partial charge is 0.255 e. The smallest absolute Gasteiger partial charge is 0.0498 e. The van der Waals surface area contributed by atoms with Gasteiger partial charge in [0.05, 0.1) is 0 Å². The predicted octanol–water partition coefficient (Wildman–Crippen LogP) is 2.14. The zero-order valence-corrected chi connectivity index (χ0v) is 9.02. The van der Waals surface area contributed by atoms with Crippen molar-refractivity contribution in [1.82, 2.24) is 0 Å². The molecule has 2 nitrogen and oxygen atoms in total. The van der Waals surface area contributed by atoms with E-state index in [9.17, 15) is 4.21 Å². The third kappa shape index (κ3) is 3.21. The zero-order chi connectivity index (χ0) is 9.68. The van der Waals surface area contributed by atoms with Crippen LogP contribution in [0.25, 0.3) is 0 Å². The molecule has 0 heterocycles. The van der Waals surface area contributed by atoms with E-state index < -0.39 is 10.8 Å². The SMILES string of the molecule is C=PN=Cc1ccc(S(C)=O)cc1. The van der Waals surface area contributed by atoms with Gasteiger partial charge in [-0.1, -0.05) is 18.4 Å². The minimum Gasteiger partial charge on any atom is -0.255 e. The van der Waals surface area contributed by atoms with Crippen LogP contribution in [0.4, 0.5) is 0 Å². The molecule has 0 aliphatic heterocycles. The molecule has 0 amide bonds. The molecule has 1 atom stereocenters. The van der Waals surface area contributed by atoms with Crippen molar-refractivity contribution in [3.05, 3.63) is 29.8 Å². The minimum absolute atomic E-state index is 0.751. The van der Waals surface area contributed by atoms with E-state index in [1.165, 1.54) is 0 Å². The molecule has 1 aromatic carbocycles. The maximum absolute atomic E-state index is 11.0. The van der Waals surface area contributed by atoms with Gasteiger partial charge < -0.3 is 0 Å². The van der Waals surface area contributed by atoms with E-state index in [1.54, 1.807) is 12.5 Å². The monoisotopic (exact) mass is 211 g/mol. The summed E-state index contributed by atoms with van der Waals surface area (Å²) in [4.78, 5) is 0.837. The summed E-state index contributed by atoms with van der Waals surface area (Å²) >= 11 is 0. The molecule has 0 bridgehead atoms. The fraction of sp³-hybridized carbons (Fsp3) is 0.111. The Kier molecular flexibility index (Phi) is 4.00. The van der Waals surface area contributed by atoms with Gasteiger partial charge in [0.25, 0.3) is 0 Å². The van der Waals surface area contributed by atoms with Crippen LogP contribution in [0.2, 0.25) is 0 Å². The van der Waals surface area contributed by atoms with E-state index in [2.05, 4.69) is 11.1 Å². The molecule has 0 spiro atoms. The minimum atomic E-state index is -0.902. The molecule has 0 aliphatic carbocycles. The Morgan fingerprint density at radius 3 is 2.54 bits per heavy atom. The van der Waals surface area contributed by atoms with E-state index in [-0.39, 0.29) is 0 Å². The average molecular weight is 211 g/mol. The summed E-state index contributed by atoms with van der Waals surface area (Å²) < 4.78 is 15.0. The van der Waals surface area contributed by atoms with Gasteiger partial charge >= 0.3 is 0 Å². The second-order valence-electron chi connectivity index (χ2n) is 2.41. The number of rotatable bonds is 3. The van der Waals surface area contributed by atoms with Gasteiger partial charge in [-0.2, -0.15) is 0 Å². The summed E-state index contributed by atoms with van der Waals surface area (Å²) in [5, 5.41) is 0. The van der Waals surface area contributed by atoms with Gasteiger partial charge in [-0.15, -0.1) is 0 Å². The molecule has 1 aromatic rings. The fourth-order valence-corrected chi connectivity index (χ4v) is 1.59. The molecule has 1 unspecified atom stereocenters. The van der Waals surface area contributed by atoms with Crippen LogP contribution in [0, 0.1) is 0 Å². The van der Waals surface area contributed by atoms with E-state index in [4.69, 9.17) is 0 Å². The zero-order valence-electron chi connectivity index (χ0n) is 7.30. The maximum atomic E-state index is 11.0. The lowest BCUT2D eigenvalue weighted by Crippen LogP contribution is -1.87. The number of benzene rings is 1. The molecule has 13 heavy (non-hydrogen) atoms. The lowest BCUT2D eigenvalue weighted by molar-refractivity contribution is 0.687. The molecule has 0 fully saturated rings. The van der Waals surface area contributed by atoms with Crippen molar-refractivity contribution < 1.29 is 4.21 Å². The first-order valence-corrected chi connectivity index (χ1v) is 6.25. The van der Waals surface area contributed by atoms with Gasteiger partial charge in [-0.3, -0.25) is 4.21 Å². The lowest BCUT2D eigenvalue weighted by Gasteiger charge is -1.95. The van der Waals surface area contributed by atoms with Crippen LogP contribution in [0.3, 0.4) is 0 Å². The first-order chi connectivity index (χ1) is 6.24. The molecule has 0 N–H and O–H groups in total. The van der Waals surface area contributed by atoms with Crippen molar-refractivity contribution in [1.29, 1.82) is 0 Å². The molecule has 0 saturated heterocycles. The molecular formula is C9H10NOPS. The Morgan fingerprint density at radius 1 is 1.46 bits per heavy atom. The van der Waals surface area contributed by atoms with E-state index in [1.807, 2.05) is 24.3 Å². The normalized spacial score (nSPS) is 13.6. The highest BCUT2D eigenvalue weighted by Gasteiger charge is 1.95. The molecule has 68 valence electrons. The lowest BCUT2D eigenvalue weighted by atomic mass is 10.2. The van der Waals surface area contributed by atoms with Gasteiger partial charge in [-0.25, -0.2) is 4.76 Å². The quantitative estimate of drug-likeness (QED) is 0.556. The summed E-state index contributed by atoms with van der Waals surface area (Å²) in [7, 11) is -0.151. The van der Waals surface area contributed by atoms with Crippen LogP contribution >= 0.6 is 8.35 Å². The van der Waals surface area contributed by atoms with Crippen molar-refractivity contribution in [3.63, 3.8) is 0 Å². The average Bonchev–Trinajstić information content (AvgIpc) is 2.15. The third-order valence-electron chi connectivity index (χ3n) is 1.50. The van der Waals surface area contributed by atoms with Crippen molar-refractivity contribution in [3.8, 4) is 0 Å². The number of hydrogen-bond acceptors (Lipinski definition) is 2. The highest BCUT2D eigenvalue weighted by molar-refractivity contribution is 7.84. The molecule has 4 heteroatoms. The Bertz CT molecular complexity index is 345. The Morgan fingerprint density at radius 2 is 2.08 bits per heavy atom. The first kappa shape index (κ1) is 10.3. The summed E-state index contributed by atoms with van der Waals surface area (Å²) in [6.45, 7) is 0. The Hall–Kier alpha value is -0.790. The summed E-state index contributed by atoms with van der Waals surface area (Å²) in [6, 6.07) is 7.48. The molecule has 1 rings (SSSR count). The van der Waals surface area contributed by atoms with Gasteiger partial charge in [0, 0.05) is 36.5 Å². The second-order valence-corrected chi connectivity index (χ2v) is 4.30. The van der Waals surface area contributed by atoms with Crippen LogP contribution in [-0.4, -0.2) is 23.0 Å². The van der Waals surface area contributed by atoms with Gasteiger partial charge in [0.15, 0.2) is 0 Å². The van der Waals surface area contributed by atoms with Crippen LogP contribution in [0.15, 0.2) is 33.9 Å². The predicted molar refractivity (Wildman–Crippen MR) is 60.4 cm³/mol. The van der Waals surface area contributed by atoms with Crippen molar-refractivity contribution in [2.75, 3.05) is 6.26 Å². The Balaban J connectivity index is 2.87. The molecule has 0 aliphatic rings. The number of nitrogens with zero attached hydrogens (tertiary/aromatic N) is 1. The van der Waals surface area contributed by atoms with Gasteiger partial charge in [0.2, 0.25) is 0 Å². The van der Waals surface area contributed by atoms with Crippen molar-refractivity contribution >= 4 is 31.7 Å². The molecule has 0 radical (unpaired) electrons. The molecule has 0 aromatic heterocycles. The summed E-state index contributed by atoms with van der Waals surface area (Å²) in [6.07, 6.45) is 6.98. The van der Waals surface area contributed by atoms with Crippen LogP contribution in [0.5, 0.6) is 0 Å². The van der Waals surface area contributed by atoms with Gasteiger partial charge in [-0.05, 0) is 17.7 Å². The Labute approximate surface area is 82.0 Å². The van der Waals surface area contributed by atoms with E-state index in [0.29, 0.717) is 0 Å². The van der Waals surface area contributed by atoms with E-state index in [0.717, 1.165) is 18.8 Å². The van der Waals surface area contributed by atoms with E-state index >= 15 is 0 Å². The highest BCUT2D eigenvalue weighted by Crippen LogP contribution is 2.06. The van der Waals surface area contributed by atoms with Crippen LogP contribution < -0.4 is 0 Å². The molecule has 0 saturated carbocycles. The van der Waals surface area contributed by atoms with Crippen molar-refractivity contribution in [2.45, 2.75) is 4.90 Å². The first-order valence-electron chi connectivity index (χ1n) is 3.66. The summed E-state index contributed by atoms with van der Waals surface area (Å²) in [5.41, 5.74) is 1.00. The van der Waals surface area contributed by atoms with Gasteiger partial charge in [0.1, 0.15) is 0 Å². The number of hydrogen-bond donors (Lipinski definition) is 0. The highest BCUT2D eigenvalue weighted by atomic mass is 32.2. The van der Waals surface area contributed by atoms with Crippen LogP contribution in [0.1, 0.15) is 5.56 Å². The standard InChI is InChI=1S/C9H10NOPS/c1-12-10-7-8-3-5-9(6-4-8)13(2)11/h3-7H,1H2,2H3. The van der Waals surface area contributed by atoms with Crippen LogP contribution in [-0.2, 0) is 10.8 Å². The fourth-order valence-electron chi connectivity index (χ4n) is 0.853.